The third kappa shape index (κ3) is 0.876. The van der Waals surface area contributed by atoms with Gasteiger partial charge in [0.25, 0.3) is 0 Å². The Labute approximate surface area is 72.6 Å². The SMILES string of the molecule is COC12C=CC(C)(CC1)CC2=O. The zero-order valence-electron chi connectivity index (χ0n) is 7.59. The summed E-state index contributed by atoms with van der Waals surface area (Å²) in [5.74, 6) is 0.251. The van der Waals surface area contributed by atoms with E-state index < -0.39 is 5.60 Å². The Bertz CT molecular complexity index is 257. The van der Waals surface area contributed by atoms with Gasteiger partial charge in [0.2, 0.25) is 0 Å². The molecule has 0 aromatic rings. The van der Waals surface area contributed by atoms with E-state index in [1.165, 1.54) is 0 Å². The Morgan fingerprint density at radius 2 is 2.17 bits per heavy atom. The van der Waals surface area contributed by atoms with Crippen molar-refractivity contribution in [2.75, 3.05) is 7.11 Å². The normalized spacial score (nSPS) is 45.3. The fraction of sp³-hybridized carbons (Fsp3) is 0.700. The highest BCUT2D eigenvalue weighted by atomic mass is 16.5. The number of allylic oxidation sites excluding steroid dienone is 1. The van der Waals surface area contributed by atoms with Crippen molar-refractivity contribution in [3.63, 3.8) is 0 Å². The zero-order chi connectivity index (χ0) is 8.82. The summed E-state index contributed by atoms with van der Waals surface area (Å²) in [6, 6.07) is 0. The number of hydrogen-bond acceptors (Lipinski definition) is 2. The van der Waals surface area contributed by atoms with Gasteiger partial charge in [-0.1, -0.05) is 13.0 Å². The van der Waals surface area contributed by atoms with Crippen LogP contribution < -0.4 is 0 Å². The van der Waals surface area contributed by atoms with Crippen LogP contribution >= 0.6 is 0 Å². The quantitative estimate of drug-likeness (QED) is 0.554. The number of ether oxygens (including phenoxy) is 1. The lowest BCUT2D eigenvalue weighted by molar-refractivity contribution is -0.144. The molecule has 0 saturated heterocycles. The predicted molar refractivity (Wildman–Crippen MR) is 45.8 cm³/mol. The largest absolute Gasteiger partial charge is 0.366 e. The number of ketones is 1. The third-order valence-electron chi connectivity index (χ3n) is 3.22. The molecule has 12 heavy (non-hydrogen) atoms. The molecule has 1 fully saturated rings. The lowest BCUT2D eigenvalue weighted by Gasteiger charge is -2.44. The van der Waals surface area contributed by atoms with Gasteiger partial charge in [-0.3, -0.25) is 4.79 Å². The van der Waals surface area contributed by atoms with Crippen molar-refractivity contribution in [2.45, 2.75) is 31.8 Å². The monoisotopic (exact) mass is 166 g/mol. The smallest absolute Gasteiger partial charge is 0.169 e. The molecule has 2 unspecified atom stereocenters. The highest BCUT2D eigenvalue weighted by Gasteiger charge is 2.48. The van der Waals surface area contributed by atoms with Crippen molar-refractivity contribution in [1.82, 2.24) is 0 Å². The Morgan fingerprint density at radius 1 is 1.42 bits per heavy atom. The molecule has 2 atom stereocenters. The molecule has 0 radical (unpaired) electrons. The maximum atomic E-state index is 11.6. The molecular weight excluding hydrogens is 152 g/mol. The molecule has 66 valence electrons. The van der Waals surface area contributed by atoms with Crippen LogP contribution in [0.15, 0.2) is 12.2 Å². The minimum Gasteiger partial charge on any atom is -0.366 e. The maximum absolute atomic E-state index is 11.6. The molecule has 2 nitrogen and oxygen atoms in total. The van der Waals surface area contributed by atoms with Crippen LogP contribution in [0.5, 0.6) is 0 Å². The molecule has 3 rings (SSSR count). The average Bonchev–Trinajstić information content (AvgIpc) is 2.05. The summed E-state index contributed by atoms with van der Waals surface area (Å²) < 4.78 is 5.29. The molecule has 0 aromatic carbocycles. The highest BCUT2D eigenvalue weighted by Crippen LogP contribution is 2.46. The van der Waals surface area contributed by atoms with Crippen molar-refractivity contribution >= 4 is 5.78 Å². The minimum atomic E-state index is -0.558. The number of hydrogen-bond donors (Lipinski definition) is 0. The lowest BCUT2D eigenvalue weighted by Crippen LogP contribution is -2.49. The number of carbonyl (C=O) groups excluding carboxylic acids is 1. The van der Waals surface area contributed by atoms with Gasteiger partial charge in [-0.25, -0.2) is 0 Å². The van der Waals surface area contributed by atoms with Gasteiger partial charge in [0.15, 0.2) is 5.78 Å². The van der Waals surface area contributed by atoms with Gasteiger partial charge < -0.3 is 4.74 Å². The van der Waals surface area contributed by atoms with Gasteiger partial charge in [0.1, 0.15) is 5.60 Å². The summed E-state index contributed by atoms with van der Waals surface area (Å²) in [6.07, 6.45) is 6.67. The first-order valence-electron chi connectivity index (χ1n) is 4.39. The molecule has 0 spiro atoms. The Hall–Kier alpha value is -0.630. The molecule has 0 heterocycles. The molecule has 3 aliphatic rings. The molecular formula is C10H14O2. The van der Waals surface area contributed by atoms with E-state index in [1.54, 1.807) is 7.11 Å². The fourth-order valence-corrected chi connectivity index (χ4v) is 2.15. The number of carbonyl (C=O) groups is 1. The lowest BCUT2D eigenvalue weighted by atomic mass is 9.63. The summed E-state index contributed by atoms with van der Waals surface area (Å²) in [4.78, 5) is 11.6. The van der Waals surface area contributed by atoms with Gasteiger partial charge in [-0.2, -0.15) is 0 Å². The molecule has 1 saturated carbocycles. The summed E-state index contributed by atoms with van der Waals surface area (Å²) in [6.45, 7) is 2.14. The van der Waals surface area contributed by atoms with Gasteiger partial charge in [-0.15, -0.1) is 0 Å². The predicted octanol–water partition coefficient (Wildman–Crippen LogP) is 1.70. The maximum Gasteiger partial charge on any atom is 0.169 e. The van der Waals surface area contributed by atoms with E-state index in [4.69, 9.17) is 4.74 Å². The van der Waals surface area contributed by atoms with Crippen LogP contribution in [-0.2, 0) is 9.53 Å². The number of Topliss-reactive ketones (excluding diaryl/α,β-unsaturated/α-hetero) is 1. The number of methoxy groups -OCH3 is 1. The van der Waals surface area contributed by atoms with Gasteiger partial charge in [0, 0.05) is 13.5 Å². The van der Waals surface area contributed by atoms with Crippen LogP contribution in [0.4, 0.5) is 0 Å². The number of rotatable bonds is 1. The summed E-state index contributed by atoms with van der Waals surface area (Å²) >= 11 is 0. The van der Waals surface area contributed by atoms with Crippen molar-refractivity contribution in [2.24, 2.45) is 5.41 Å². The molecule has 0 aliphatic heterocycles. The van der Waals surface area contributed by atoms with E-state index in [0.717, 1.165) is 12.8 Å². The second-order valence-corrected chi connectivity index (χ2v) is 4.18. The molecule has 0 aromatic heterocycles. The van der Waals surface area contributed by atoms with Crippen LogP contribution in [0.1, 0.15) is 26.2 Å². The second kappa shape index (κ2) is 2.19. The first kappa shape index (κ1) is 7.99. The average molecular weight is 166 g/mol. The third-order valence-corrected chi connectivity index (χ3v) is 3.22. The van der Waals surface area contributed by atoms with E-state index in [0.29, 0.717) is 6.42 Å². The first-order valence-corrected chi connectivity index (χ1v) is 4.39. The molecule has 2 heteroatoms. The van der Waals surface area contributed by atoms with E-state index in [9.17, 15) is 4.79 Å². The second-order valence-electron chi connectivity index (χ2n) is 4.18. The zero-order valence-corrected chi connectivity index (χ0v) is 7.59. The van der Waals surface area contributed by atoms with Crippen LogP contribution in [0.3, 0.4) is 0 Å². The minimum absolute atomic E-state index is 0.122. The summed E-state index contributed by atoms with van der Waals surface area (Å²) in [5.41, 5.74) is -0.435. The van der Waals surface area contributed by atoms with Crippen molar-refractivity contribution in [1.29, 1.82) is 0 Å². The van der Waals surface area contributed by atoms with Gasteiger partial charge in [-0.05, 0) is 24.3 Å². The Balaban J connectivity index is 2.40. The van der Waals surface area contributed by atoms with Crippen LogP contribution in [-0.4, -0.2) is 18.5 Å². The summed E-state index contributed by atoms with van der Waals surface area (Å²) in [5, 5.41) is 0. The Kier molecular flexibility index (Phi) is 1.46. The summed E-state index contributed by atoms with van der Waals surface area (Å²) in [7, 11) is 1.62. The molecule has 2 bridgehead atoms. The number of fused-ring (bicyclic) bond motifs is 2. The molecule has 3 aliphatic carbocycles. The van der Waals surface area contributed by atoms with Crippen LogP contribution in [0.2, 0.25) is 0 Å². The Morgan fingerprint density at radius 3 is 2.58 bits per heavy atom. The van der Waals surface area contributed by atoms with Gasteiger partial charge in [0.05, 0.1) is 0 Å². The van der Waals surface area contributed by atoms with E-state index in [2.05, 4.69) is 13.0 Å². The van der Waals surface area contributed by atoms with Crippen molar-refractivity contribution in [3.8, 4) is 0 Å². The highest BCUT2D eigenvalue weighted by molar-refractivity contribution is 5.92. The van der Waals surface area contributed by atoms with Crippen molar-refractivity contribution in [3.05, 3.63) is 12.2 Å². The fourth-order valence-electron chi connectivity index (χ4n) is 2.15. The van der Waals surface area contributed by atoms with Gasteiger partial charge >= 0.3 is 0 Å². The van der Waals surface area contributed by atoms with E-state index >= 15 is 0 Å². The van der Waals surface area contributed by atoms with E-state index in [1.807, 2.05) is 6.08 Å². The van der Waals surface area contributed by atoms with Crippen LogP contribution in [0, 0.1) is 5.41 Å². The standard InChI is InChI=1S/C10H14O2/c1-9-3-5-10(12-2,6-4-9)8(11)7-9/h3,5H,4,6-7H2,1-2H3. The van der Waals surface area contributed by atoms with E-state index in [-0.39, 0.29) is 11.2 Å². The molecule has 0 amide bonds. The van der Waals surface area contributed by atoms with Crippen molar-refractivity contribution < 1.29 is 9.53 Å². The topological polar surface area (TPSA) is 26.3 Å². The molecule has 0 N–H and O–H groups in total. The first-order chi connectivity index (χ1) is 5.60. The van der Waals surface area contributed by atoms with Crippen LogP contribution in [0.25, 0.3) is 0 Å².